The average molecular weight is 341 g/mol. The van der Waals surface area contributed by atoms with Crippen LogP contribution in [0.3, 0.4) is 0 Å². The quantitative estimate of drug-likeness (QED) is 0.585. The Hall–Kier alpha value is -2.21. The van der Waals surface area contributed by atoms with Crippen molar-refractivity contribution in [2.75, 3.05) is 20.3 Å². The van der Waals surface area contributed by atoms with Gasteiger partial charge in [0.25, 0.3) is 0 Å². The van der Waals surface area contributed by atoms with E-state index in [0.29, 0.717) is 35.1 Å². The fourth-order valence-electron chi connectivity index (χ4n) is 2.07. The molecule has 0 N–H and O–H groups in total. The number of ether oxygens (including phenoxy) is 4. The van der Waals surface area contributed by atoms with Gasteiger partial charge < -0.3 is 18.9 Å². The van der Waals surface area contributed by atoms with E-state index >= 15 is 0 Å². The summed E-state index contributed by atoms with van der Waals surface area (Å²) in [5.41, 5.74) is 0.644. The number of cyclic esters (lactones) is 1. The van der Waals surface area contributed by atoms with Crippen LogP contribution in [0.5, 0.6) is 11.5 Å². The van der Waals surface area contributed by atoms with E-state index in [-0.39, 0.29) is 6.61 Å². The van der Waals surface area contributed by atoms with Crippen molar-refractivity contribution >= 4 is 29.6 Å². The number of esters is 2. The largest absolute Gasteiger partial charge is 0.491 e. The normalized spacial score (nSPS) is 17.2. The summed E-state index contributed by atoms with van der Waals surface area (Å²) in [6, 6.07) is 3.33. The summed E-state index contributed by atoms with van der Waals surface area (Å²) >= 11 is 6.13. The first kappa shape index (κ1) is 17.1. The third kappa shape index (κ3) is 4.39. The minimum absolute atomic E-state index is 0.270. The minimum atomic E-state index is -0.828. The molecule has 0 radical (unpaired) electrons. The summed E-state index contributed by atoms with van der Waals surface area (Å²) in [4.78, 5) is 23.0. The van der Waals surface area contributed by atoms with Gasteiger partial charge in [-0.1, -0.05) is 11.6 Å². The van der Waals surface area contributed by atoms with Crippen LogP contribution in [0.4, 0.5) is 0 Å². The molecule has 2 rings (SSSR count). The Kier molecular flexibility index (Phi) is 5.87. The lowest BCUT2D eigenvalue weighted by Gasteiger charge is -2.11. The van der Waals surface area contributed by atoms with Crippen LogP contribution in [0.15, 0.2) is 18.2 Å². The highest BCUT2D eigenvalue weighted by molar-refractivity contribution is 6.32. The molecule has 1 aliphatic heterocycles. The van der Waals surface area contributed by atoms with Crippen molar-refractivity contribution in [1.82, 2.24) is 0 Å². The Labute approximate surface area is 138 Å². The monoisotopic (exact) mass is 340 g/mol. The Morgan fingerprint density at radius 1 is 1.48 bits per heavy atom. The predicted molar refractivity (Wildman–Crippen MR) is 83.7 cm³/mol. The maximum absolute atomic E-state index is 11.7. The van der Waals surface area contributed by atoms with Gasteiger partial charge >= 0.3 is 11.9 Å². The van der Waals surface area contributed by atoms with Gasteiger partial charge in [0.2, 0.25) is 6.10 Å². The molecule has 0 aliphatic carbocycles. The van der Waals surface area contributed by atoms with Crippen LogP contribution in [0.25, 0.3) is 6.08 Å². The lowest BCUT2D eigenvalue weighted by atomic mass is 10.2. The van der Waals surface area contributed by atoms with Gasteiger partial charge in [0.1, 0.15) is 0 Å². The number of benzene rings is 1. The van der Waals surface area contributed by atoms with Crippen LogP contribution in [-0.4, -0.2) is 38.4 Å². The van der Waals surface area contributed by atoms with Gasteiger partial charge in [-0.25, -0.2) is 9.59 Å². The average Bonchev–Trinajstić information content (AvgIpc) is 2.90. The highest BCUT2D eigenvalue weighted by Crippen LogP contribution is 2.36. The van der Waals surface area contributed by atoms with Crippen LogP contribution in [-0.2, 0) is 19.1 Å². The summed E-state index contributed by atoms with van der Waals surface area (Å²) in [6.45, 7) is 2.56. The van der Waals surface area contributed by atoms with Gasteiger partial charge in [-0.2, -0.15) is 0 Å². The molecule has 0 bridgehead atoms. The number of carbonyl (C=O) groups excluding carboxylic acids is 2. The molecule has 124 valence electrons. The molecule has 0 saturated carbocycles. The lowest BCUT2D eigenvalue weighted by Crippen LogP contribution is -2.21. The second-order valence-electron chi connectivity index (χ2n) is 4.68. The Morgan fingerprint density at radius 3 is 2.87 bits per heavy atom. The minimum Gasteiger partial charge on any atom is -0.491 e. The molecule has 7 heteroatoms. The van der Waals surface area contributed by atoms with E-state index < -0.39 is 18.0 Å². The molecule has 0 amide bonds. The fourth-order valence-corrected chi connectivity index (χ4v) is 2.37. The van der Waals surface area contributed by atoms with E-state index in [4.69, 9.17) is 30.5 Å². The molecule has 1 heterocycles. The van der Waals surface area contributed by atoms with E-state index in [9.17, 15) is 9.59 Å². The maximum Gasteiger partial charge on any atom is 0.347 e. The topological polar surface area (TPSA) is 71.1 Å². The van der Waals surface area contributed by atoms with Gasteiger partial charge in [0.15, 0.2) is 11.5 Å². The van der Waals surface area contributed by atoms with Gasteiger partial charge in [-0.15, -0.1) is 0 Å². The van der Waals surface area contributed by atoms with E-state index in [2.05, 4.69) is 0 Å². The highest BCUT2D eigenvalue weighted by Gasteiger charge is 2.29. The molecule has 0 spiro atoms. The van der Waals surface area contributed by atoms with Crippen LogP contribution in [0.2, 0.25) is 5.02 Å². The van der Waals surface area contributed by atoms with E-state index in [0.717, 1.165) is 0 Å². The van der Waals surface area contributed by atoms with Crippen LogP contribution in [0, 0.1) is 0 Å². The van der Waals surface area contributed by atoms with Crippen molar-refractivity contribution < 1.29 is 28.5 Å². The van der Waals surface area contributed by atoms with Crippen LogP contribution in [0.1, 0.15) is 18.9 Å². The molecule has 1 aromatic rings. The SMILES string of the molecule is CCOc1cc(/C=C/C(=O)O[C@@H]2CCOC2=O)cc(Cl)c1OC. The van der Waals surface area contributed by atoms with Gasteiger partial charge in [-0.3, -0.25) is 0 Å². The molecule has 1 aromatic carbocycles. The first-order chi connectivity index (χ1) is 11.0. The summed E-state index contributed by atoms with van der Waals surface area (Å²) in [5.74, 6) is -0.228. The number of rotatable bonds is 6. The molecule has 0 aromatic heterocycles. The summed E-state index contributed by atoms with van der Waals surface area (Å²) in [6.07, 6.45) is 2.29. The maximum atomic E-state index is 11.7. The Balaban J connectivity index is 2.09. The summed E-state index contributed by atoms with van der Waals surface area (Å²) in [5, 5.41) is 0.367. The number of hydrogen-bond donors (Lipinski definition) is 0. The summed E-state index contributed by atoms with van der Waals surface area (Å²) in [7, 11) is 1.50. The third-order valence-corrected chi connectivity index (χ3v) is 3.37. The molecule has 0 unspecified atom stereocenters. The zero-order valence-electron chi connectivity index (χ0n) is 12.8. The standard InChI is InChI=1S/C16H17ClO6/c1-3-21-13-9-10(8-11(17)15(13)20-2)4-5-14(18)23-12-6-7-22-16(12)19/h4-5,8-9,12H,3,6-7H2,1-2H3/b5-4+/t12-/m1/s1. The van der Waals surface area contributed by atoms with E-state index in [1.54, 1.807) is 12.1 Å². The number of carbonyl (C=O) groups is 2. The van der Waals surface area contributed by atoms with Crippen molar-refractivity contribution in [2.45, 2.75) is 19.4 Å². The van der Waals surface area contributed by atoms with Gasteiger partial charge in [0.05, 0.1) is 25.3 Å². The molecule has 1 fully saturated rings. The zero-order valence-corrected chi connectivity index (χ0v) is 13.6. The Bertz CT molecular complexity index is 625. The van der Waals surface area contributed by atoms with Crippen LogP contribution < -0.4 is 9.47 Å². The zero-order chi connectivity index (χ0) is 16.8. The lowest BCUT2D eigenvalue weighted by molar-refractivity contribution is -0.156. The molecule has 1 atom stereocenters. The van der Waals surface area contributed by atoms with Gasteiger partial charge in [-0.05, 0) is 30.7 Å². The van der Waals surface area contributed by atoms with Gasteiger partial charge in [0, 0.05) is 12.5 Å². The molecule has 1 aliphatic rings. The van der Waals surface area contributed by atoms with Crippen molar-refractivity contribution in [3.05, 3.63) is 28.8 Å². The first-order valence-electron chi connectivity index (χ1n) is 7.10. The molecule has 6 nitrogen and oxygen atoms in total. The predicted octanol–water partition coefficient (Wildman–Crippen LogP) is 2.62. The van der Waals surface area contributed by atoms with Crippen molar-refractivity contribution in [2.24, 2.45) is 0 Å². The van der Waals surface area contributed by atoms with E-state index in [1.807, 2.05) is 6.92 Å². The second-order valence-corrected chi connectivity index (χ2v) is 5.09. The fraction of sp³-hybridized carbons (Fsp3) is 0.375. The van der Waals surface area contributed by atoms with Crippen molar-refractivity contribution in [1.29, 1.82) is 0 Å². The first-order valence-corrected chi connectivity index (χ1v) is 7.48. The molecular weight excluding hydrogens is 324 g/mol. The summed E-state index contributed by atoms with van der Waals surface area (Å²) < 4.78 is 20.4. The van der Waals surface area contributed by atoms with E-state index in [1.165, 1.54) is 19.3 Å². The van der Waals surface area contributed by atoms with Crippen LogP contribution >= 0.6 is 11.6 Å². The number of halogens is 1. The van der Waals surface area contributed by atoms with Crippen molar-refractivity contribution in [3.63, 3.8) is 0 Å². The highest BCUT2D eigenvalue weighted by atomic mass is 35.5. The Morgan fingerprint density at radius 2 is 2.26 bits per heavy atom. The third-order valence-electron chi connectivity index (χ3n) is 3.09. The molecular formula is C16H17ClO6. The molecule has 23 heavy (non-hydrogen) atoms. The van der Waals surface area contributed by atoms with Crippen molar-refractivity contribution in [3.8, 4) is 11.5 Å². The smallest absolute Gasteiger partial charge is 0.347 e. The second kappa shape index (κ2) is 7.87. The number of hydrogen-bond acceptors (Lipinski definition) is 6. The number of methoxy groups -OCH3 is 1. The molecule has 1 saturated heterocycles.